The van der Waals surface area contributed by atoms with Crippen molar-refractivity contribution in [2.75, 3.05) is 13.7 Å². The summed E-state index contributed by atoms with van der Waals surface area (Å²) in [7, 11) is 1.29. The van der Waals surface area contributed by atoms with Crippen molar-refractivity contribution in [3.63, 3.8) is 0 Å². The zero-order valence-electron chi connectivity index (χ0n) is 13.2. The van der Waals surface area contributed by atoms with E-state index in [-0.39, 0.29) is 12.5 Å². The van der Waals surface area contributed by atoms with Crippen LogP contribution in [0.25, 0.3) is 5.69 Å². The van der Waals surface area contributed by atoms with Gasteiger partial charge in [-0.05, 0) is 25.0 Å². The molecular formula is C16H18N4O4. The molecule has 24 heavy (non-hydrogen) atoms. The molecule has 0 bridgehead atoms. The molecule has 1 aromatic heterocycles. The number of carbonyl (C=O) groups is 2. The molecule has 0 unspecified atom stereocenters. The second-order valence-corrected chi connectivity index (χ2v) is 5.56. The number of carbonyl (C=O) groups excluding carboxylic acids is 2. The molecule has 3 rings (SSSR count). The highest BCUT2D eigenvalue weighted by atomic mass is 16.5. The lowest BCUT2D eigenvalue weighted by Crippen LogP contribution is -2.52. The summed E-state index contributed by atoms with van der Waals surface area (Å²) in [5.41, 5.74) is 0.868. The molecule has 1 aliphatic heterocycles. The van der Waals surface area contributed by atoms with Crippen molar-refractivity contribution in [3.8, 4) is 5.69 Å². The van der Waals surface area contributed by atoms with Crippen LogP contribution in [0.2, 0.25) is 0 Å². The van der Waals surface area contributed by atoms with Crippen LogP contribution in [-0.4, -0.2) is 62.7 Å². The summed E-state index contributed by atoms with van der Waals surface area (Å²) in [6, 6.07) is 6.17. The van der Waals surface area contributed by atoms with Crippen LogP contribution in [0.3, 0.4) is 0 Å². The van der Waals surface area contributed by atoms with Gasteiger partial charge in [-0.2, -0.15) is 15.0 Å². The molecule has 2 heterocycles. The van der Waals surface area contributed by atoms with Gasteiger partial charge in [0.25, 0.3) is 5.91 Å². The van der Waals surface area contributed by atoms with Gasteiger partial charge in [-0.15, -0.1) is 0 Å². The van der Waals surface area contributed by atoms with Crippen LogP contribution in [0.5, 0.6) is 0 Å². The van der Waals surface area contributed by atoms with Crippen molar-refractivity contribution in [1.82, 2.24) is 19.9 Å². The fourth-order valence-corrected chi connectivity index (χ4v) is 2.88. The molecule has 1 N–H and O–H groups in total. The monoisotopic (exact) mass is 330 g/mol. The van der Waals surface area contributed by atoms with Crippen LogP contribution in [0.15, 0.2) is 36.7 Å². The molecule has 0 radical (unpaired) electrons. The van der Waals surface area contributed by atoms with Gasteiger partial charge in [-0.1, -0.05) is 12.1 Å². The van der Waals surface area contributed by atoms with Gasteiger partial charge in [0, 0.05) is 6.54 Å². The normalized spacial score (nSPS) is 20.7. The summed E-state index contributed by atoms with van der Waals surface area (Å²) < 4.78 is 4.80. The third-order valence-electron chi connectivity index (χ3n) is 4.06. The first-order valence-corrected chi connectivity index (χ1v) is 7.64. The molecule has 1 amide bonds. The summed E-state index contributed by atoms with van der Waals surface area (Å²) in [4.78, 5) is 27.7. The standard InChI is InChI=1S/C16H18N4O4/c1-24-16(23)14-7-6-11(21)10-19(14)15(22)12-4-2-3-5-13(12)20-17-8-9-18-20/h2-5,8-9,11,14,21H,6-7,10H2,1H3/t11-,14+/m1/s1. The lowest BCUT2D eigenvalue weighted by molar-refractivity contribution is -0.148. The summed E-state index contributed by atoms with van der Waals surface area (Å²) in [6.07, 6.45) is 3.19. The number of rotatable bonds is 3. The summed E-state index contributed by atoms with van der Waals surface area (Å²) in [5, 5.41) is 18.0. The zero-order valence-corrected chi connectivity index (χ0v) is 13.2. The Balaban J connectivity index is 1.97. The average molecular weight is 330 g/mol. The molecule has 1 fully saturated rings. The first kappa shape index (κ1) is 16.1. The number of aliphatic hydroxyl groups excluding tert-OH is 1. The molecular weight excluding hydrogens is 312 g/mol. The van der Waals surface area contributed by atoms with Gasteiger partial charge in [-0.3, -0.25) is 4.79 Å². The summed E-state index contributed by atoms with van der Waals surface area (Å²) in [5.74, 6) is -0.845. The first-order valence-electron chi connectivity index (χ1n) is 7.64. The van der Waals surface area contributed by atoms with Crippen molar-refractivity contribution in [3.05, 3.63) is 42.2 Å². The molecule has 0 aliphatic carbocycles. The average Bonchev–Trinajstić information content (AvgIpc) is 3.15. The minimum absolute atomic E-state index is 0.0828. The maximum atomic E-state index is 13.0. The number of aromatic nitrogens is 3. The van der Waals surface area contributed by atoms with Crippen LogP contribution in [0.4, 0.5) is 0 Å². The third-order valence-corrected chi connectivity index (χ3v) is 4.06. The van der Waals surface area contributed by atoms with Crippen molar-refractivity contribution >= 4 is 11.9 Å². The highest BCUT2D eigenvalue weighted by molar-refractivity contribution is 5.99. The second-order valence-electron chi connectivity index (χ2n) is 5.56. The molecule has 8 heteroatoms. The SMILES string of the molecule is COC(=O)[C@@H]1CC[C@@H](O)CN1C(=O)c1ccccc1-n1nccn1. The van der Waals surface area contributed by atoms with Gasteiger partial charge >= 0.3 is 5.97 Å². The van der Waals surface area contributed by atoms with Crippen LogP contribution in [0, 0.1) is 0 Å². The van der Waals surface area contributed by atoms with Gasteiger partial charge < -0.3 is 14.7 Å². The Labute approximate surface area is 138 Å². The summed E-state index contributed by atoms with van der Waals surface area (Å²) >= 11 is 0. The van der Waals surface area contributed by atoms with E-state index in [1.807, 2.05) is 0 Å². The minimum atomic E-state index is -0.704. The van der Waals surface area contributed by atoms with Crippen molar-refractivity contribution in [1.29, 1.82) is 0 Å². The predicted molar refractivity (Wildman–Crippen MR) is 83.4 cm³/mol. The number of benzene rings is 1. The fourth-order valence-electron chi connectivity index (χ4n) is 2.88. The maximum Gasteiger partial charge on any atom is 0.328 e. The van der Waals surface area contributed by atoms with Crippen molar-refractivity contribution in [2.24, 2.45) is 0 Å². The van der Waals surface area contributed by atoms with E-state index in [4.69, 9.17) is 4.74 Å². The van der Waals surface area contributed by atoms with Crippen molar-refractivity contribution in [2.45, 2.75) is 25.0 Å². The minimum Gasteiger partial charge on any atom is -0.467 e. The number of nitrogens with zero attached hydrogens (tertiary/aromatic N) is 4. The lowest BCUT2D eigenvalue weighted by Gasteiger charge is -2.36. The number of ether oxygens (including phenoxy) is 1. The van der Waals surface area contributed by atoms with E-state index in [0.29, 0.717) is 24.1 Å². The number of amides is 1. The van der Waals surface area contributed by atoms with Crippen LogP contribution in [-0.2, 0) is 9.53 Å². The van der Waals surface area contributed by atoms with E-state index in [1.54, 1.807) is 24.3 Å². The largest absolute Gasteiger partial charge is 0.467 e. The Hall–Kier alpha value is -2.74. The predicted octanol–water partition coefficient (Wildman–Crippen LogP) is 0.406. The molecule has 1 aromatic carbocycles. The summed E-state index contributed by atoms with van der Waals surface area (Å²) in [6.45, 7) is 0.0828. The Kier molecular flexibility index (Phi) is 4.57. The third kappa shape index (κ3) is 3.00. The molecule has 126 valence electrons. The Morgan fingerprint density at radius 1 is 1.21 bits per heavy atom. The van der Waals surface area contributed by atoms with E-state index >= 15 is 0 Å². The Morgan fingerprint density at radius 2 is 1.92 bits per heavy atom. The maximum absolute atomic E-state index is 13.0. The number of para-hydroxylation sites is 1. The Morgan fingerprint density at radius 3 is 2.62 bits per heavy atom. The van der Waals surface area contributed by atoms with Crippen LogP contribution >= 0.6 is 0 Å². The molecule has 1 aliphatic rings. The number of hydrogen-bond donors (Lipinski definition) is 1. The fraction of sp³-hybridized carbons (Fsp3) is 0.375. The van der Waals surface area contributed by atoms with Gasteiger partial charge in [0.15, 0.2) is 0 Å². The number of aliphatic hydroxyl groups is 1. The van der Waals surface area contributed by atoms with E-state index in [2.05, 4.69) is 10.2 Å². The van der Waals surface area contributed by atoms with E-state index in [0.717, 1.165) is 0 Å². The highest BCUT2D eigenvalue weighted by Gasteiger charge is 2.37. The smallest absolute Gasteiger partial charge is 0.328 e. The number of β-amino-alcohol motifs (C(OH)–C–C–N with tert-alkyl or cyclic N) is 1. The first-order chi connectivity index (χ1) is 11.6. The van der Waals surface area contributed by atoms with Crippen molar-refractivity contribution < 1.29 is 19.4 Å². The quantitative estimate of drug-likeness (QED) is 0.819. The van der Waals surface area contributed by atoms with E-state index in [9.17, 15) is 14.7 Å². The number of piperidine rings is 1. The molecule has 2 aromatic rings. The number of methoxy groups -OCH3 is 1. The van der Waals surface area contributed by atoms with Crippen LogP contribution < -0.4 is 0 Å². The van der Waals surface area contributed by atoms with E-state index < -0.39 is 18.1 Å². The van der Waals surface area contributed by atoms with Gasteiger partial charge in [0.05, 0.1) is 36.9 Å². The van der Waals surface area contributed by atoms with E-state index in [1.165, 1.54) is 29.2 Å². The molecule has 2 atom stereocenters. The van der Waals surface area contributed by atoms with Gasteiger partial charge in [-0.25, -0.2) is 4.79 Å². The topological polar surface area (TPSA) is 97.6 Å². The number of likely N-dealkylation sites (tertiary alicyclic amines) is 1. The Bertz CT molecular complexity index is 731. The van der Waals surface area contributed by atoms with Crippen LogP contribution in [0.1, 0.15) is 23.2 Å². The molecule has 0 spiro atoms. The van der Waals surface area contributed by atoms with Gasteiger partial charge in [0.2, 0.25) is 0 Å². The van der Waals surface area contributed by atoms with Gasteiger partial charge in [0.1, 0.15) is 6.04 Å². The number of hydrogen-bond acceptors (Lipinski definition) is 6. The molecule has 1 saturated heterocycles. The second kappa shape index (κ2) is 6.79. The lowest BCUT2D eigenvalue weighted by atomic mass is 9.98. The highest BCUT2D eigenvalue weighted by Crippen LogP contribution is 2.23. The molecule has 0 saturated carbocycles. The zero-order chi connectivity index (χ0) is 17.1. The molecule has 8 nitrogen and oxygen atoms in total. The number of esters is 1.